The number of anilines is 1. The summed E-state index contributed by atoms with van der Waals surface area (Å²) in [6, 6.07) is 5.71. The molecule has 96 valence electrons. The number of aromatic nitrogens is 1. The molecular formula is C13H17N3OS. The lowest BCUT2D eigenvalue weighted by Gasteiger charge is -2.09. The van der Waals surface area contributed by atoms with Crippen LogP contribution in [0.25, 0.3) is 0 Å². The first kappa shape index (κ1) is 12.9. The van der Waals surface area contributed by atoms with Gasteiger partial charge in [-0.15, -0.1) is 11.3 Å². The fraction of sp³-hybridized carbons (Fsp3) is 0.308. The Balaban J connectivity index is 1.82. The third-order valence-electron chi connectivity index (χ3n) is 2.66. The van der Waals surface area contributed by atoms with Crippen LogP contribution in [0.15, 0.2) is 29.8 Å². The molecule has 0 aliphatic rings. The Morgan fingerprint density at radius 3 is 3.06 bits per heavy atom. The van der Waals surface area contributed by atoms with Crippen molar-refractivity contribution in [3.63, 3.8) is 0 Å². The first-order chi connectivity index (χ1) is 8.79. The number of methoxy groups -OCH3 is 1. The van der Waals surface area contributed by atoms with Crippen LogP contribution in [0, 0.1) is 0 Å². The summed E-state index contributed by atoms with van der Waals surface area (Å²) in [6.07, 6.45) is 2.78. The van der Waals surface area contributed by atoms with E-state index in [0.29, 0.717) is 0 Å². The first-order valence-electron chi connectivity index (χ1n) is 5.81. The van der Waals surface area contributed by atoms with Crippen LogP contribution in [0.4, 0.5) is 5.69 Å². The molecule has 5 heteroatoms. The Morgan fingerprint density at radius 1 is 1.44 bits per heavy atom. The van der Waals surface area contributed by atoms with E-state index in [1.807, 2.05) is 29.8 Å². The Kier molecular flexibility index (Phi) is 4.55. The number of nitrogens with two attached hydrogens (primary N) is 1. The molecule has 0 unspecified atom stereocenters. The minimum absolute atomic E-state index is 0.744. The average Bonchev–Trinajstić information content (AvgIpc) is 2.89. The first-order valence-corrected chi connectivity index (χ1v) is 6.69. The molecular weight excluding hydrogens is 246 g/mol. The van der Waals surface area contributed by atoms with Crippen LogP contribution < -0.4 is 15.8 Å². The van der Waals surface area contributed by atoms with Crippen molar-refractivity contribution in [2.24, 2.45) is 0 Å². The van der Waals surface area contributed by atoms with Gasteiger partial charge < -0.3 is 15.8 Å². The van der Waals surface area contributed by atoms with E-state index in [1.165, 1.54) is 0 Å². The van der Waals surface area contributed by atoms with E-state index in [4.69, 9.17) is 10.5 Å². The van der Waals surface area contributed by atoms with Gasteiger partial charge in [-0.05, 0) is 23.8 Å². The molecule has 1 aromatic carbocycles. The lowest BCUT2D eigenvalue weighted by atomic mass is 10.1. The maximum absolute atomic E-state index is 5.92. The van der Waals surface area contributed by atoms with Crippen LogP contribution in [0.2, 0.25) is 0 Å². The molecule has 3 N–H and O–H groups in total. The molecule has 0 saturated heterocycles. The van der Waals surface area contributed by atoms with Gasteiger partial charge in [-0.1, -0.05) is 0 Å². The van der Waals surface area contributed by atoms with Crippen molar-refractivity contribution in [3.05, 3.63) is 40.3 Å². The van der Waals surface area contributed by atoms with E-state index >= 15 is 0 Å². The van der Waals surface area contributed by atoms with Gasteiger partial charge in [0.1, 0.15) is 5.75 Å². The largest absolute Gasteiger partial charge is 0.497 e. The van der Waals surface area contributed by atoms with Crippen molar-refractivity contribution >= 4 is 17.0 Å². The van der Waals surface area contributed by atoms with Crippen molar-refractivity contribution in [1.29, 1.82) is 0 Å². The normalized spacial score (nSPS) is 10.5. The highest BCUT2D eigenvalue weighted by Crippen LogP contribution is 2.19. The van der Waals surface area contributed by atoms with Crippen molar-refractivity contribution in [1.82, 2.24) is 10.3 Å². The Hall–Kier alpha value is -1.59. The molecule has 4 nitrogen and oxygen atoms in total. The van der Waals surface area contributed by atoms with Crippen LogP contribution in [0.1, 0.15) is 10.6 Å². The van der Waals surface area contributed by atoms with Crippen molar-refractivity contribution in [3.8, 4) is 5.75 Å². The average molecular weight is 263 g/mol. The highest BCUT2D eigenvalue weighted by molar-refractivity contribution is 7.09. The van der Waals surface area contributed by atoms with E-state index in [-0.39, 0.29) is 0 Å². The fourth-order valence-electron chi connectivity index (χ4n) is 1.66. The van der Waals surface area contributed by atoms with E-state index < -0.39 is 0 Å². The highest BCUT2D eigenvalue weighted by Gasteiger charge is 2.01. The molecule has 2 aromatic rings. The molecule has 0 amide bonds. The molecule has 0 radical (unpaired) electrons. The maximum atomic E-state index is 5.92. The second-order valence-electron chi connectivity index (χ2n) is 3.92. The van der Waals surface area contributed by atoms with E-state index in [1.54, 1.807) is 18.4 Å². The van der Waals surface area contributed by atoms with Crippen molar-refractivity contribution in [2.75, 3.05) is 19.4 Å². The van der Waals surface area contributed by atoms with Crippen LogP contribution in [0.3, 0.4) is 0 Å². The minimum atomic E-state index is 0.744. The van der Waals surface area contributed by atoms with E-state index in [9.17, 15) is 0 Å². The molecule has 0 saturated carbocycles. The number of nitrogens with zero attached hydrogens (tertiary/aromatic N) is 1. The molecule has 0 aliphatic carbocycles. The summed E-state index contributed by atoms with van der Waals surface area (Å²) < 4.78 is 5.18. The number of rotatable bonds is 6. The summed E-state index contributed by atoms with van der Waals surface area (Å²) in [5.41, 5.74) is 7.77. The smallest absolute Gasteiger partial charge is 0.119 e. The highest BCUT2D eigenvalue weighted by atomic mass is 32.1. The number of ether oxygens (including phenoxy) is 1. The topological polar surface area (TPSA) is 60.2 Å². The fourth-order valence-corrected chi connectivity index (χ4v) is 2.28. The number of nitrogens with one attached hydrogen (secondary N) is 1. The summed E-state index contributed by atoms with van der Waals surface area (Å²) in [5, 5.41) is 6.51. The molecule has 0 spiro atoms. The molecule has 0 bridgehead atoms. The van der Waals surface area contributed by atoms with Crippen molar-refractivity contribution in [2.45, 2.75) is 13.0 Å². The van der Waals surface area contributed by atoms with Crippen molar-refractivity contribution < 1.29 is 4.74 Å². The number of nitrogen functional groups attached to an aromatic ring is 1. The maximum Gasteiger partial charge on any atom is 0.119 e. The second-order valence-corrected chi connectivity index (χ2v) is 4.90. The summed E-state index contributed by atoms with van der Waals surface area (Å²) in [4.78, 5) is 4.24. The molecule has 0 aliphatic heterocycles. The molecule has 0 atom stereocenters. The van der Waals surface area contributed by atoms with Gasteiger partial charge in [0.2, 0.25) is 0 Å². The molecule has 1 heterocycles. The molecule has 0 fully saturated rings. The van der Waals surface area contributed by atoms with E-state index in [0.717, 1.165) is 41.5 Å². The second kappa shape index (κ2) is 6.37. The van der Waals surface area contributed by atoms with Gasteiger partial charge >= 0.3 is 0 Å². The Labute approximate surface area is 111 Å². The van der Waals surface area contributed by atoms with Crippen LogP contribution in [-0.4, -0.2) is 18.6 Å². The lowest BCUT2D eigenvalue weighted by Crippen LogP contribution is -2.17. The summed E-state index contributed by atoms with van der Waals surface area (Å²) in [7, 11) is 1.66. The van der Waals surface area contributed by atoms with Gasteiger partial charge in [0.15, 0.2) is 0 Å². The predicted molar refractivity (Wildman–Crippen MR) is 74.9 cm³/mol. The predicted octanol–water partition coefficient (Wildman–Crippen LogP) is 2.07. The van der Waals surface area contributed by atoms with Gasteiger partial charge in [-0.3, -0.25) is 0 Å². The zero-order valence-corrected chi connectivity index (χ0v) is 11.2. The lowest BCUT2D eigenvalue weighted by molar-refractivity contribution is 0.414. The van der Waals surface area contributed by atoms with Crippen LogP contribution >= 0.6 is 11.3 Å². The van der Waals surface area contributed by atoms with Gasteiger partial charge in [-0.2, -0.15) is 0 Å². The summed E-state index contributed by atoms with van der Waals surface area (Å²) in [6.45, 7) is 1.64. The molecule has 2 rings (SSSR count). The third-order valence-corrected chi connectivity index (χ3v) is 3.50. The van der Waals surface area contributed by atoms with Crippen LogP contribution in [-0.2, 0) is 13.0 Å². The summed E-state index contributed by atoms with van der Waals surface area (Å²) in [5.74, 6) is 0.834. The molecule has 18 heavy (non-hydrogen) atoms. The SMILES string of the molecule is COc1ccc(N)c(CNCCc2nccs2)c1. The number of thiazole rings is 1. The zero-order valence-electron chi connectivity index (χ0n) is 10.3. The summed E-state index contributed by atoms with van der Waals surface area (Å²) >= 11 is 1.68. The zero-order chi connectivity index (χ0) is 12.8. The van der Waals surface area contributed by atoms with Gasteiger partial charge in [0.05, 0.1) is 12.1 Å². The van der Waals surface area contributed by atoms with Gasteiger partial charge in [0.25, 0.3) is 0 Å². The Morgan fingerprint density at radius 2 is 2.33 bits per heavy atom. The van der Waals surface area contributed by atoms with Gasteiger partial charge in [-0.25, -0.2) is 4.98 Å². The van der Waals surface area contributed by atoms with Gasteiger partial charge in [0, 0.05) is 36.8 Å². The Bertz CT molecular complexity index is 485. The number of hydrogen-bond donors (Lipinski definition) is 2. The molecule has 1 aromatic heterocycles. The monoisotopic (exact) mass is 263 g/mol. The quantitative estimate of drug-likeness (QED) is 0.618. The van der Waals surface area contributed by atoms with E-state index in [2.05, 4.69) is 10.3 Å². The van der Waals surface area contributed by atoms with Crippen LogP contribution in [0.5, 0.6) is 5.75 Å². The third kappa shape index (κ3) is 3.45. The minimum Gasteiger partial charge on any atom is -0.497 e. The number of hydrogen-bond acceptors (Lipinski definition) is 5. The number of benzene rings is 1. The standard InChI is InChI=1S/C13H17N3OS/c1-17-11-2-3-12(14)10(8-11)9-15-5-4-13-16-6-7-18-13/h2-3,6-8,15H,4-5,9,14H2,1H3.